The molecule has 0 aliphatic carbocycles. The maximum atomic E-state index is 11.9. The molecule has 1 unspecified atom stereocenters. The minimum absolute atomic E-state index is 0.0455. The molecule has 1 aromatic rings. The van der Waals surface area contributed by atoms with Gasteiger partial charge in [-0.2, -0.15) is 0 Å². The first-order chi connectivity index (χ1) is 9.12. The number of aliphatic hydroxyl groups is 1. The lowest BCUT2D eigenvalue weighted by atomic mass is 10.1. The van der Waals surface area contributed by atoms with Crippen LogP contribution in [0.1, 0.15) is 50.6 Å². The van der Waals surface area contributed by atoms with Crippen LogP contribution < -0.4 is 5.32 Å². The minimum atomic E-state index is -0.340. The van der Waals surface area contributed by atoms with Gasteiger partial charge in [-0.1, -0.05) is 25.9 Å². The smallest absolute Gasteiger partial charge is 0.224 e. The zero-order valence-electron chi connectivity index (χ0n) is 12.0. The number of aryl methyl sites for hydroxylation is 2. The molecule has 0 aliphatic rings. The maximum Gasteiger partial charge on any atom is 0.224 e. The van der Waals surface area contributed by atoms with Crippen molar-refractivity contribution in [2.24, 2.45) is 0 Å². The van der Waals surface area contributed by atoms with Crippen LogP contribution in [0.5, 0.6) is 0 Å². The topological polar surface area (TPSA) is 75.4 Å². The van der Waals surface area contributed by atoms with Crippen molar-refractivity contribution >= 4 is 5.91 Å². The van der Waals surface area contributed by atoms with Gasteiger partial charge in [-0.15, -0.1) is 0 Å². The van der Waals surface area contributed by atoms with Gasteiger partial charge in [-0.25, -0.2) is 0 Å². The SMILES string of the molecule is CCc1noc(CC)c1CC(=O)NCCC(O)CC. The zero-order chi connectivity index (χ0) is 14.3. The maximum absolute atomic E-state index is 11.9. The predicted molar refractivity (Wildman–Crippen MR) is 72.9 cm³/mol. The Bertz CT molecular complexity index is 380. The summed E-state index contributed by atoms with van der Waals surface area (Å²) in [5, 5.41) is 16.2. The lowest BCUT2D eigenvalue weighted by molar-refractivity contribution is -0.120. The van der Waals surface area contributed by atoms with Crippen LogP contribution in [0.4, 0.5) is 0 Å². The number of aliphatic hydroxyl groups excluding tert-OH is 1. The Kier molecular flexibility index (Phi) is 6.56. The van der Waals surface area contributed by atoms with Crippen molar-refractivity contribution in [3.63, 3.8) is 0 Å². The number of carbonyl (C=O) groups is 1. The van der Waals surface area contributed by atoms with E-state index in [1.165, 1.54) is 0 Å². The second kappa shape index (κ2) is 7.94. The number of nitrogens with zero attached hydrogens (tertiary/aromatic N) is 1. The normalized spacial score (nSPS) is 12.4. The molecule has 1 rings (SSSR count). The van der Waals surface area contributed by atoms with E-state index in [0.717, 1.165) is 29.9 Å². The lowest BCUT2D eigenvalue weighted by Gasteiger charge is -2.09. The van der Waals surface area contributed by atoms with Crippen LogP contribution in [0.15, 0.2) is 4.52 Å². The van der Waals surface area contributed by atoms with Gasteiger partial charge >= 0.3 is 0 Å². The molecule has 0 aliphatic heterocycles. The molecule has 0 bridgehead atoms. The molecule has 0 aromatic carbocycles. The Hall–Kier alpha value is -1.36. The fourth-order valence-electron chi connectivity index (χ4n) is 1.94. The highest BCUT2D eigenvalue weighted by molar-refractivity contribution is 5.79. The average Bonchev–Trinajstić information content (AvgIpc) is 2.80. The molecule has 0 saturated heterocycles. The standard InChI is InChI=1S/C14H24N2O3/c1-4-10(17)7-8-15-14(18)9-11-12(5-2)16-19-13(11)6-3/h10,17H,4-9H2,1-3H3,(H,15,18). The first kappa shape index (κ1) is 15.7. The van der Waals surface area contributed by atoms with Gasteiger partial charge < -0.3 is 14.9 Å². The molecule has 108 valence electrons. The van der Waals surface area contributed by atoms with Crippen LogP contribution in [0, 0.1) is 0 Å². The molecular weight excluding hydrogens is 244 g/mol. The van der Waals surface area contributed by atoms with Crippen LogP contribution in [0.2, 0.25) is 0 Å². The fraction of sp³-hybridized carbons (Fsp3) is 0.714. The van der Waals surface area contributed by atoms with Crippen LogP contribution in [-0.4, -0.2) is 28.8 Å². The van der Waals surface area contributed by atoms with Crippen LogP contribution in [0.25, 0.3) is 0 Å². The number of aromatic nitrogens is 1. The second-order valence-corrected chi connectivity index (χ2v) is 4.62. The number of hydrogen-bond acceptors (Lipinski definition) is 4. The van der Waals surface area contributed by atoms with Crippen molar-refractivity contribution in [2.45, 2.75) is 59.0 Å². The van der Waals surface area contributed by atoms with Crippen LogP contribution >= 0.6 is 0 Å². The summed E-state index contributed by atoms with van der Waals surface area (Å²) in [4.78, 5) is 11.9. The largest absolute Gasteiger partial charge is 0.393 e. The highest BCUT2D eigenvalue weighted by Gasteiger charge is 2.16. The van der Waals surface area contributed by atoms with Crippen molar-refractivity contribution in [3.05, 3.63) is 17.0 Å². The Morgan fingerprint density at radius 1 is 1.37 bits per heavy atom. The summed E-state index contributed by atoms with van der Waals surface area (Å²) in [7, 11) is 0. The highest BCUT2D eigenvalue weighted by atomic mass is 16.5. The number of amides is 1. The van der Waals surface area contributed by atoms with E-state index in [1.807, 2.05) is 20.8 Å². The summed E-state index contributed by atoms with van der Waals surface area (Å²) >= 11 is 0. The number of carbonyl (C=O) groups excluding carboxylic acids is 1. The van der Waals surface area contributed by atoms with Crippen molar-refractivity contribution in [1.29, 1.82) is 0 Å². The summed E-state index contributed by atoms with van der Waals surface area (Å²) in [5.41, 5.74) is 1.78. The van der Waals surface area contributed by atoms with Crippen LogP contribution in [-0.2, 0) is 24.1 Å². The summed E-state index contributed by atoms with van der Waals surface area (Å²) < 4.78 is 5.23. The Morgan fingerprint density at radius 3 is 2.68 bits per heavy atom. The molecule has 1 atom stereocenters. The summed E-state index contributed by atoms with van der Waals surface area (Å²) in [6.45, 7) is 6.40. The molecule has 0 saturated carbocycles. The van der Waals surface area contributed by atoms with E-state index in [0.29, 0.717) is 25.8 Å². The monoisotopic (exact) mass is 268 g/mol. The van der Waals surface area contributed by atoms with Crippen LogP contribution in [0.3, 0.4) is 0 Å². The first-order valence-electron chi connectivity index (χ1n) is 7.03. The molecule has 5 heteroatoms. The summed E-state index contributed by atoms with van der Waals surface area (Å²) in [6, 6.07) is 0. The van der Waals surface area contributed by atoms with E-state index < -0.39 is 0 Å². The van der Waals surface area contributed by atoms with Crippen molar-refractivity contribution in [3.8, 4) is 0 Å². The predicted octanol–water partition coefficient (Wildman–Crippen LogP) is 1.62. The zero-order valence-corrected chi connectivity index (χ0v) is 12.0. The molecule has 0 spiro atoms. The molecule has 2 N–H and O–H groups in total. The van der Waals surface area contributed by atoms with Crippen molar-refractivity contribution in [1.82, 2.24) is 10.5 Å². The van der Waals surface area contributed by atoms with E-state index in [-0.39, 0.29) is 12.0 Å². The Labute approximate surface area is 114 Å². The lowest BCUT2D eigenvalue weighted by Crippen LogP contribution is -2.28. The number of hydrogen-bond donors (Lipinski definition) is 2. The van der Waals surface area contributed by atoms with E-state index in [9.17, 15) is 9.90 Å². The number of nitrogens with one attached hydrogen (secondary N) is 1. The quantitative estimate of drug-likeness (QED) is 0.751. The van der Waals surface area contributed by atoms with Gasteiger partial charge in [-0.3, -0.25) is 4.79 Å². The fourth-order valence-corrected chi connectivity index (χ4v) is 1.94. The van der Waals surface area contributed by atoms with Crippen molar-refractivity contribution in [2.75, 3.05) is 6.54 Å². The Balaban J connectivity index is 2.50. The molecule has 1 aromatic heterocycles. The molecule has 1 heterocycles. The third-order valence-electron chi connectivity index (χ3n) is 3.22. The average molecular weight is 268 g/mol. The van der Waals surface area contributed by atoms with Gasteiger partial charge in [-0.05, 0) is 19.3 Å². The molecular formula is C14H24N2O3. The summed E-state index contributed by atoms with van der Waals surface area (Å²) in [5.74, 6) is 0.747. The molecule has 19 heavy (non-hydrogen) atoms. The minimum Gasteiger partial charge on any atom is -0.393 e. The van der Waals surface area contributed by atoms with E-state index in [4.69, 9.17) is 4.52 Å². The third-order valence-corrected chi connectivity index (χ3v) is 3.22. The van der Waals surface area contributed by atoms with E-state index in [2.05, 4.69) is 10.5 Å². The summed E-state index contributed by atoms with van der Waals surface area (Å²) in [6.07, 6.45) is 2.77. The van der Waals surface area contributed by atoms with Gasteiger partial charge in [0, 0.05) is 18.5 Å². The van der Waals surface area contributed by atoms with Gasteiger partial charge in [0.05, 0.1) is 18.2 Å². The van der Waals surface area contributed by atoms with Crippen molar-refractivity contribution < 1.29 is 14.4 Å². The second-order valence-electron chi connectivity index (χ2n) is 4.62. The number of rotatable bonds is 8. The van der Waals surface area contributed by atoms with Gasteiger partial charge in [0.25, 0.3) is 0 Å². The van der Waals surface area contributed by atoms with E-state index >= 15 is 0 Å². The molecule has 1 amide bonds. The first-order valence-corrected chi connectivity index (χ1v) is 7.03. The van der Waals surface area contributed by atoms with Gasteiger partial charge in [0.1, 0.15) is 5.76 Å². The molecule has 0 fully saturated rings. The van der Waals surface area contributed by atoms with Gasteiger partial charge in [0.15, 0.2) is 0 Å². The Morgan fingerprint density at radius 2 is 2.11 bits per heavy atom. The third kappa shape index (κ3) is 4.67. The molecule has 0 radical (unpaired) electrons. The van der Waals surface area contributed by atoms with E-state index in [1.54, 1.807) is 0 Å². The van der Waals surface area contributed by atoms with Gasteiger partial charge in [0.2, 0.25) is 5.91 Å². The highest BCUT2D eigenvalue weighted by Crippen LogP contribution is 2.16. The molecule has 5 nitrogen and oxygen atoms in total.